The van der Waals surface area contributed by atoms with E-state index in [0.29, 0.717) is 17.9 Å². The van der Waals surface area contributed by atoms with Crippen molar-refractivity contribution in [2.24, 2.45) is 0 Å². The predicted octanol–water partition coefficient (Wildman–Crippen LogP) is 2.14. The average Bonchev–Trinajstić information content (AvgIpc) is 2.37. The van der Waals surface area contributed by atoms with Gasteiger partial charge in [-0.15, -0.1) is 0 Å². The third-order valence-electron chi connectivity index (χ3n) is 2.30. The van der Waals surface area contributed by atoms with Crippen LogP contribution in [0.1, 0.15) is 30.1 Å². The van der Waals surface area contributed by atoms with Gasteiger partial charge in [0.05, 0.1) is 12.2 Å². The standard InChI is InChI=1S/C13H17NO4/c1-2-3-8-18-13(17)10-4-6-11(7-5-10)14-9-12(15)16/h4-7,14H,2-3,8-9H2,1H3,(H,15,16). The van der Waals surface area contributed by atoms with Crippen molar-refractivity contribution < 1.29 is 19.4 Å². The van der Waals surface area contributed by atoms with E-state index in [0.717, 1.165) is 12.8 Å². The quantitative estimate of drug-likeness (QED) is 0.573. The molecule has 0 amide bonds. The van der Waals surface area contributed by atoms with Crippen LogP contribution in [0.2, 0.25) is 0 Å². The zero-order valence-corrected chi connectivity index (χ0v) is 10.3. The summed E-state index contributed by atoms with van der Waals surface area (Å²) >= 11 is 0. The van der Waals surface area contributed by atoms with Crippen LogP contribution in [0.15, 0.2) is 24.3 Å². The summed E-state index contributed by atoms with van der Waals surface area (Å²) in [5.74, 6) is -1.29. The number of nitrogens with one attached hydrogen (secondary N) is 1. The molecule has 18 heavy (non-hydrogen) atoms. The maximum atomic E-state index is 11.6. The molecule has 0 spiro atoms. The van der Waals surface area contributed by atoms with Crippen molar-refractivity contribution in [2.75, 3.05) is 18.5 Å². The fraction of sp³-hybridized carbons (Fsp3) is 0.385. The van der Waals surface area contributed by atoms with E-state index in [1.165, 1.54) is 0 Å². The van der Waals surface area contributed by atoms with Gasteiger partial charge in [0.1, 0.15) is 6.54 Å². The number of anilines is 1. The number of hydrogen-bond acceptors (Lipinski definition) is 4. The molecule has 0 radical (unpaired) electrons. The van der Waals surface area contributed by atoms with Crippen LogP contribution in [-0.4, -0.2) is 30.2 Å². The molecule has 0 bridgehead atoms. The van der Waals surface area contributed by atoms with E-state index in [2.05, 4.69) is 5.32 Å². The summed E-state index contributed by atoms with van der Waals surface area (Å²) in [6.07, 6.45) is 1.83. The number of esters is 1. The van der Waals surface area contributed by atoms with Gasteiger partial charge >= 0.3 is 11.9 Å². The van der Waals surface area contributed by atoms with Gasteiger partial charge in [0.15, 0.2) is 0 Å². The zero-order valence-electron chi connectivity index (χ0n) is 10.3. The Hall–Kier alpha value is -2.04. The number of aliphatic carboxylic acids is 1. The largest absolute Gasteiger partial charge is 0.480 e. The molecule has 0 aliphatic heterocycles. The van der Waals surface area contributed by atoms with E-state index in [-0.39, 0.29) is 12.5 Å². The van der Waals surface area contributed by atoms with Crippen molar-refractivity contribution in [3.63, 3.8) is 0 Å². The molecule has 0 saturated heterocycles. The van der Waals surface area contributed by atoms with Crippen molar-refractivity contribution in [2.45, 2.75) is 19.8 Å². The Morgan fingerprint density at radius 2 is 1.94 bits per heavy atom. The van der Waals surface area contributed by atoms with Gasteiger partial charge in [0, 0.05) is 5.69 Å². The second kappa shape index (κ2) is 7.32. The van der Waals surface area contributed by atoms with Crippen LogP contribution in [-0.2, 0) is 9.53 Å². The highest BCUT2D eigenvalue weighted by molar-refractivity contribution is 5.89. The Morgan fingerprint density at radius 1 is 1.28 bits per heavy atom. The smallest absolute Gasteiger partial charge is 0.338 e. The summed E-state index contributed by atoms with van der Waals surface area (Å²) in [7, 11) is 0. The fourth-order valence-electron chi connectivity index (χ4n) is 1.29. The lowest BCUT2D eigenvalue weighted by Crippen LogP contribution is -2.12. The number of rotatable bonds is 7. The lowest BCUT2D eigenvalue weighted by Gasteiger charge is -2.06. The van der Waals surface area contributed by atoms with Crippen LogP contribution in [0.4, 0.5) is 5.69 Å². The maximum Gasteiger partial charge on any atom is 0.338 e. The molecule has 0 heterocycles. The van der Waals surface area contributed by atoms with Gasteiger partial charge in [-0.25, -0.2) is 4.79 Å². The first-order valence-electron chi connectivity index (χ1n) is 5.86. The Bertz CT molecular complexity index is 400. The SMILES string of the molecule is CCCCOC(=O)c1ccc(NCC(=O)O)cc1. The van der Waals surface area contributed by atoms with Crippen molar-refractivity contribution in [1.29, 1.82) is 0 Å². The second-order valence-electron chi connectivity index (χ2n) is 3.81. The van der Waals surface area contributed by atoms with Gasteiger partial charge in [0.25, 0.3) is 0 Å². The molecule has 5 heteroatoms. The molecule has 5 nitrogen and oxygen atoms in total. The Labute approximate surface area is 106 Å². The third-order valence-corrected chi connectivity index (χ3v) is 2.30. The molecule has 98 valence electrons. The minimum absolute atomic E-state index is 0.152. The highest BCUT2D eigenvalue weighted by Gasteiger charge is 2.06. The molecule has 0 atom stereocenters. The van der Waals surface area contributed by atoms with E-state index in [1.807, 2.05) is 6.92 Å². The van der Waals surface area contributed by atoms with Gasteiger partial charge in [0.2, 0.25) is 0 Å². The summed E-state index contributed by atoms with van der Waals surface area (Å²) < 4.78 is 5.05. The molecule has 0 aromatic heterocycles. The van der Waals surface area contributed by atoms with E-state index < -0.39 is 5.97 Å². The number of hydrogen-bond donors (Lipinski definition) is 2. The van der Waals surface area contributed by atoms with Gasteiger partial charge in [-0.1, -0.05) is 13.3 Å². The maximum absolute atomic E-state index is 11.6. The summed E-state index contributed by atoms with van der Waals surface area (Å²) in [5, 5.41) is 11.2. The van der Waals surface area contributed by atoms with Gasteiger partial charge in [-0.3, -0.25) is 4.79 Å². The van der Waals surface area contributed by atoms with Crippen LogP contribution < -0.4 is 5.32 Å². The fourth-order valence-corrected chi connectivity index (χ4v) is 1.29. The first-order valence-corrected chi connectivity index (χ1v) is 5.86. The molecular formula is C13H17NO4. The molecule has 0 fully saturated rings. The van der Waals surface area contributed by atoms with Gasteiger partial charge < -0.3 is 15.2 Å². The lowest BCUT2D eigenvalue weighted by atomic mass is 10.2. The molecule has 1 aromatic rings. The molecule has 1 aromatic carbocycles. The van der Waals surface area contributed by atoms with Crippen LogP contribution in [0.3, 0.4) is 0 Å². The lowest BCUT2D eigenvalue weighted by molar-refractivity contribution is -0.134. The van der Waals surface area contributed by atoms with Crippen molar-refractivity contribution >= 4 is 17.6 Å². The molecule has 2 N–H and O–H groups in total. The second-order valence-corrected chi connectivity index (χ2v) is 3.81. The molecule has 0 unspecified atom stereocenters. The number of carbonyl (C=O) groups excluding carboxylic acids is 1. The van der Waals surface area contributed by atoms with E-state index >= 15 is 0 Å². The summed E-state index contributed by atoms with van der Waals surface area (Å²) in [6.45, 7) is 2.30. The first kappa shape index (κ1) is 14.0. The summed E-state index contributed by atoms with van der Waals surface area (Å²) in [4.78, 5) is 21.9. The highest BCUT2D eigenvalue weighted by Crippen LogP contribution is 2.10. The first-order chi connectivity index (χ1) is 8.63. The van der Waals surface area contributed by atoms with Gasteiger partial charge in [-0.2, -0.15) is 0 Å². The zero-order chi connectivity index (χ0) is 13.4. The minimum Gasteiger partial charge on any atom is -0.480 e. The van der Waals surface area contributed by atoms with E-state index in [1.54, 1.807) is 24.3 Å². The third kappa shape index (κ3) is 4.86. The van der Waals surface area contributed by atoms with Crippen LogP contribution in [0.25, 0.3) is 0 Å². The molecule has 0 aliphatic rings. The Kier molecular flexibility index (Phi) is 5.70. The van der Waals surface area contributed by atoms with E-state index in [9.17, 15) is 9.59 Å². The molecule has 0 aliphatic carbocycles. The number of carboxylic acids is 1. The highest BCUT2D eigenvalue weighted by atomic mass is 16.5. The predicted molar refractivity (Wildman–Crippen MR) is 67.8 cm³/mol. The van der Waals surface area contributed by atoms with Crippen molar-refractivity contribution in [3.8, 4) is 0 Å². The molecular weight excluding hydrogens is 234 g/mol. The number of carboxylic acid groups (broad SMARTS) is 1. The number of unbranched alkanes of at least 4 members (excludes halogenated alkanes) is 1. The number of carbonyl (C=O) groups is 2. The molecule has 0 saturated carbocycles. The Morgan fingerprint density at radius 3 is 2.50 bits per heavy atom. The monoisotopic (exact) mass is 251 g/mol. The average molecular weight is 251 g/mol. The molecule has 1 rings (SSSR count). The topological polar surface area (TPSA) is 75.6 Å². The minimum atomic E-state index is -0.932. The van der Waals surface area contributed by atoms with E-state index in [4.69, 9.17) is 9.84 Å². The number of benzene rings is 1. The van der Waals surface area contributed by atoms with Crippen molar-refractivity contribution in [3.05, 3.63) is 29.8 Å². The number of ether oxygens (including phenoxy) is 1. The normalized spacial score (nSPS) is 9.83. The van der Waals surface area contributed by atoms with Gasteiger partial charge in [-0.05, 0) is 30.7 Å². The van der Waals surface area contributed by atoms with Crippen LogP contribution in [0.5, 0.6) is 0 Å². The summed E-state index contributed by atoms with van der Waals surface area (Å²) in [6, 6.07) is 6.52. The summed E-state index contributed by atoms with van der Waals surface area (Å²) in [5.41, 5.74) is 1.12. The van der Waals surface area contributed by atoms with Crippen molar-refractivity contribution in [1.82, 2.24) is 0 Å². The Balaban J connectivity index is 2.48. The van der Waals surface area contributed by atoms with Crippen LogP contribution in [0, 0.1) is 0 Å². The van der Waals surface area contributed by atoms with Crippen LogP contribution >= 0.6 is 0 Å².